The van der Waals surface area contributed by atoms with Gasteiger partial charge in [-0.05, 0) is 20.8 Å². The first-order chi connectivity index (χ1) is 8.95. The number of anilines is 1. The van der Waals surface area contributed by atoms with Crippen LogP contribution in [0.1, 0.15) is 18.3 Å². The Labute approximate surface area is 114 Å². The molecule has 0 aliphatic rings. The first kappa shape index (κ1) is 13.7. The zero-order valence-corrected chi connectivity index (χ0v) is 11.5. The molecule has 19 heavy (non-hydrogen) atoms. The fourth-order valence-electron chi connectivity index (χ4n) is 1.73. The molecule has 4 nitrogen and oxygen atoms in total. The van der Waals surface area contributed by atoms with E-state index in [-0.39, 0.29) is 11.6 Å². The van der Waals surface area contributed by atoms with Gasteiger partial charge in [-0.3, -0.25) is 0 Å². The highest BCUT2D eigenvalue weighted by molar-refractivity contribution is 6.31. The molecule has 0 fully saturated rings. The summed E-state index contributed by atoms with van der Waals surface area (Å²) in [4.78, 5) is 3.93. The van der Waals surface area contributed by atoms with Crippen LogP contribution in [-0.4, -0.2) is 21.3 Å². The van der Waals surface area contributed by atoms with Gasteiger partial charge in [0.25, 0.3) is 0 Å². The molecule has 2 aromatic heterocycles. The number of rotatable bonds is 3. The van der Waals surface area contributed by atoms with Gasteiger partial charge in [-0.2, -0.15) is 5.10 Å². The summed E-state index contributed by atoms with van der Waals surface area (Å²) in [5.74, 6) is -1.62. The van der Waals surface area contributed by atoms with Gasteiger partial charge >= 0.3 is 0 Å². The molecule has 0 aromatic carbocycles. The van der Waals surface area contributed by atoms with E-state index in [1.807, 2.05) is 0 Å². The van der Waals surface area contributed by atoms with Crippen molar-refractivity contribution in [1.82, 2.24) is 14.8 Å². The summed E-state index contributed by atoms with van der Waals surface area (Å²) in [7, 11) is 0. The third-order valence-electron chi connectivity index (χ3n) is 2.66. The van der Waals surface area contributed by atoms with Gasteiger partial charge in [0.05, 0.1) is 16.4 Å². The zero-order chi connectivity index (χ0) is 14.2. The minimum atomic E-state index is -0.790. The summed E-state index contributed by atoms with van der Waals surface area (Å²) in [5.41, 5.74) is 1.12. The number of nitrogens with one attached hydrogen (secondary N) is 1. The zero-order valence-electron chi connectivity index (χ0n) is 10.8. The predicted molar refractivity (Wildman–Crippen MR) is 69.9 cm³/mol. The van der Waals surface area contributed by atoms with E-state index in [2.05, 4.69) is 15.4 Å². The monoisotopic (exact) mass is 286 g/mol. The summed E-state index contributed by atoms with van der Waals surface area (Å²) >= 11 is 6.01. The van der Waals surface area contributed by atoms with Crippen molar-refractivity contribution in [3.05, 3.63) is 34.1 Å². The van der Waals surface area contributed by atoms with Crippen LogP contribution in [0.2, 0.25) is 5.02 Å². The van der Waals surface area contributed by atoms with Gasteiger partial charge in [0, 0.05) is 12.6 Å². The molecule has 0 spiro atoms. The second kappa shape index (κ2) is 5.13. The van der Waals surface area contributed by atoms with Crippen LogP contribution in [0.3, 0.4) is 0 Å². The Morgan fingerprint density at radius 2 is 2.00 bits per heavy atom. The summed E-state index contributed by atoms with van der Waals surface area (Å²) in [6.07, 6.45) is 0. The molecule has 0 saturated carbocycles. The Morgan fingerprint density at radius 1 is 1.32 bits per heavy atom. The molecule has 1 N–H and O–H groups in total. The van der Waals surface area contributed by atoms with Gasteiger partial charge in [0.2, 0.25) is 0 Å². The van der Waals surface area contributed by atoms with E-state index in [9.17, 15) is 8.78 Å². The molecule has 0 aliphatic carbocycles. The topological polar surface area (TPSA) is 42.7 Å². The van der Waals surface area contributed by atoms with Crippen molar-refractivity contribution in [3.8, 4) is 5.82 Å². The van der Waals surface area contributed by atoms with E-state index in [1.165, 1.54) is 4.68 Å². The van der Waals surface area contributed by atoms with E-state index in [0.717, 1.165) is 6.07 Å². The number of pyridine rings is 1. The van der Waals surface area contributed by atoms with Crippen LogP contribution in [0.15, 0.2) is 6.07 Å². The molecule has 0 unspecified atom stereocenters. The lowest BCUT2D eigenvalue weighted by Gasteiger charge is -2.09. The van der Waals surface area contributed by atoms with Crippen molar-refractivity contribution < 1.29 is 8.78 Å². The molecule has 2 rings (SSSR count). The number of hydrogen-bond acceptors (Lipinski definition) is 3. The average molecular weight is 287 g/mol. The van der Waals surface area contributed by atoms with Crippen molar-refractivity contribution in [2.45, 2.75) is 20.8 Å². The first-order valence-corrected chi connectivity index (χ1v) is 6.15. The average Bonchev–Trinajstić information content (AvgIpc) is 2.61. The molecular weight excluding hydrogens is 274 g/mol. The Morgan fingerprint density at radius 3 is 2.53 bits per heavy atom. The molecule has 2 heterocycles. The Kier molecular flexibility index (Phi) is 3.71. The minimum absolute atomic E-state index is 0.0115. The lowest BCUT2D eigenvalue weighted by Crippen LogP contribution is -2.10. The third-order valence-corrected chi connectivity index (χ3v) is 3.21. The highest BCUT2D eigenvalue weighted by Gasteiger charge is 2.18. The van der Waals surface area contributed by atoms with E-state index in [1.54, 1.807) is 20.8 Å². The third kappa shape index (κ3) is 2.40. The van der Waals surface area contributed by atoms with Gasteiger partial charge in [0.15, 0.2) is 23.3 Å². The minimum Gasteiger partial charge on any atom is -0.368 e. The van der Waals surface area contributed by atoms with Gasteiger partial charge in [-0.1, -0.05) is 11.6 Å². The highest BCUT2D eigenvalue weighted by atomic mass is 35.5. The van der Waals surface area contributed by atoms with Crippen molar-refractivity contribution in [2.24, 2.45) is 0 Å². The number of nitrogens with zero attached hydrogens (tertiary/aromatic N) is 3. The summed E-state index contributed by atoms with van der Waals surface area (Å²) in [6.45, 7) is 5.68. The second-order valence-corrected chi connectivity index (χ2v) is 4.43. The normalized spacial score (nSPS) is 10.8. The van der Waals surface area contributed by atoms with Gasteiger partial charge in [-0.15, -0.1) is 0 Å². The second-order valence-electron chi connectivity index (χ2n) is 4.05. The number of aromatic nitrogens is 3. The fraction of sp³-hybridized carbons (Fsp3) is 0.333. The smallest absolute Gasteiger partial charge is 0.192 e. The number of halogens is 3. The van der Waals surface area contributed by atoms with E-state index in [0.29, 0.717) is 23.0 Å². The van der Waals surface area contributed by atoms with E-state index < -0.39 is 11.6 Å². The number of hydrogen-bond donors (Lipinski definition) is 1. The first-order valence-electron chi connectivity index (χ1n) is 5.77. The largest absolute Gasteiger partial charge is 0.368 e. The lowest BCUT2D eigenvalue weighted by molar-refractivity contribution is 0.561. The van der Waals surface area contributed by atoms with Crippen molar-refractivity contribution in [2.75, 3.05) is 11.9 Å². The summed E-state index contributed by atoms with van der Waals surface area (Å²) < 4.78 is 28.6. The maximum atomic E-state index is 13.8. The Bertz CT molecular complexity index is 625. The van der Waals surface area contributed by atoms with Gasteiger partial charge in [-0.25, -0.2) is 18.4 Å². The van der Waals surface area contributed by atoms with E-state index >= 15 is 0 Å². The standard InChI is InChI=1S/C12H13ClF2N4/c1-4-16-11-8(14)5-9(15)12(17-11)19-7(3)10(13)6(2)18-19/h5H,4H2,1-3H3,(H,16,17). The molecule has 0 radical (unpaired) electrons. The highest BCUT2D eigenvalue weighted by Crippen LogP contribution is 2.24. The molecule has 7 heteroatoms. The van der Waals surface area contributed by atoms with E-state index in [4.69, 9.17) is 11.6 Å². The predicted octanol–water partition coefficient (Wildman–Crippen LogP) is 3.25. The lowest BCUT2D eigenvalue weighted by atomic mass is 10.3. The Balaban J connectivity index is 2.61. The molecule has 0 aliphatic heterocycles. The molecule has 2 aromatic rings. The molecule has 0 bridgehead atoms. The van der Waals surface area contributed by atoms with Crippen LogP contribution in [0, 0.1) is 25.5 Å². The van der Waals surface area contributed by atoms with Gasteiger partial charge < -0.3 is 5.32 Å². The van der Waals surface area contributed by atoms with Crippen LogP contribution in [0.5, 0.6) is 0 Å². The fourth-order valence-corrected chi connectivity index (χ4v) is 1.84. The summed E-state index contributed by atoms with van der Waals surface area (Å²) in [6, 6.07) is 0.782. The maximum Gasteiger partial charge on any atom is 0.192 e. The molecule has 0 amide bonds. The maximum absolute atomic E-state index is 13.8. The van der Waals surface area contributed by atoms with Crippen LogP contribution in [0.25, 0.3) is 5.82 Å². The quantitative estimate of drug-likeness (QED) is 0.942. The number of aryl methyl sites for hydroxylation is 1. The molecular formula is C12H13ClF2N4. The summed E-state index contributed by atoms with van der Waals surface area (Å²) in [5, 5.41) is 7.27. The van der Waals surface area contributed by atoms with Crippen molar-refractivity contribution in [3.63, 3.8) is 0 Å². The van der Waals surface area contributed by atoms with Crippen LogP contribution in [0.4, 0.5) is 14.6 Å². The van der Waals surface area contributed by atoms with Gasteiger partial charge in [0.1, 0.15) is 0 Å². The van der Waals surface area contributed by atoms with Crippen molar-refractivity contribution in [1.29, 1.82) is 0 Å². The Hall–Kier alpha value is -1.69. The molecule has 0 atom stereocenters. The SMILES string of the molecule is CCNc1nc(-n2nc(C)c(Cl)c2C)c(F)cc1F. The van der Waals surface area contributed by atoms with Crippen LogP contribution in [-0.2, 0) is 0 Å². The molecule has 0 saturated heterocycles. The van der Waals surface area contributed by atoms with Crippen LogP contribution >= 0.6 is 11.6 Å². The van der Waals surface area contributed by atoms with Crippen LogP contribution < -0.4 is 5.32 Å². The van der Waals surface area contributed by atoms with Crippen molar-refractivity contribution >= 4 is 17.4 Å². The molecule has 102 valence electrons.